The molecule has 0 aliphatic rings. The molecular formula is C12H23N5O. The number of nitrogens with two attached hydrogens (primary N) is 1. The summed E-state index contributed by atoms with van der Waals surface area (Å²) >= 11 is 0. The third-order valence-electron chi connectivity index (χ3n) is 2.52. The van der Waals surface area contributed by atoms with Gasteiger partial charge in [-0.1, -0.05) is 6.92 Å². The normalized spacial score (nSPS) is 10.4. The van der Waals surface area contributed by atoms with E-state index in [-0.39, 0.29) is 0 Å². The Morgan fingerprint density at radius 2 is 2.22 bits per heavy atom. The number of rotatable bonds is 8. The average Bonchev–Trinajstić information content (AvgIpc) is 2.36. The third-order valence-corrected chi connectivity index (χ3v) is 2.52. The van der Waals surface area contributed by atoms with Gasteiger partial charge < -0.3 is 20.7 Å². The van der Waals surface area contributed by atoms with Crippen molar-refractivity contribution in [2.75, 3.05) is 49.8 Å². The lowest BCUT2D eigenvalue weighted by Crippen LogP contribution is -2.22. The zero-order chi connectivity index (χ0) is 13.4. The maximum absolute atomic E-state index is 5.71. The highest BCUT2D eigenvalue weighted by Crippen LogP contribution is 2.16. The number of aromatic nitrogens is 2. The summed E-state index contributed by atoms with van der Waals surface area (Å²) in [4.78, 5) is 10.4. The highest BCUT2D eigenvalue weighted by atomic mass is 16.5. The van der Waals surface area contributed by atoms with Gasteiger partial charge in [-0.05, 0) is 12.8 Å². The molecule has 0 atom stereocenters. The second kappa shape index (κ2) is 7.71. The molecule has 102 valence electrons. The Balaban J connectivity index is 2.65. The predicted molar refractivity (Wildman–Crippen MR) is 75.0 cm³/mol. The molecule has 0 radical (unpaired) electrons. The minimum atomic E-state index is 0.296. The molecule has 0 spiro atoms. The zero-order valence-electron chi connectivity index (χ0n) is 11.4. The van der Waals surface area contributed by atoms with Crippen molar-refractivity contribution in [3.8, 4) is 0 Å². The van der Waals surface area contributed by atoms with E-state index in [4.69, 9.17) is 10.5 Å². The number of nitrogen functional groups attached to an aromatic ring is 1. The van der Waals surface area contributed by atoms with Crippen LogP contribution in [0.3, 0.4) is 0 Å². The smallest absolute Gasteiger partial charge is 0.223 e. The molecular weight excluding hydrogens is 230 g/mol. The highest BCUT2D eigenvalue weighted by molar-refractivity contribution is 5.52. The minimum absolute atomic E-state index is 0.296. The zero-order valence-corrected chi connectivity index (χ0v) is 11.4. The van der Waals surface area contributed by atoms with Gasteiger partial charge in [0.2, 0.25) is 5.95 Å². The molecule has 0 bridgehead atoms. The van der Waals surface area contributed by atoms with E-state index in [0.717, 1.165) is 44.2 Å². The lowest BCUT2D eigenvalue weighted by molar-refractivity contribution is 0.196. The molecule has 0 aliphatic heterocycles. The molecule has 0 aromatic carbocycles. The van der Waals surface area contributed by atoms with Crippen LogP contribution in [0.2, 0.25) is 0 Å². The molecule has 1 rings (SSSR count). The summed E-state index contributed by atoms with van der Waals surface area (Å²) in [5.74, 6) is 1.90. The maximum Gasteiger partial charge on any atom is 0.223 e. The van der Waals surface area contributed by atoms with Crippen LogP contribution in [0.5, 0.6) is 0 Å². The molecule has 3 N–H and O–H groups in total. The van der Waals surface area contributed by atoms with E-state index in [9.17, 15) is 0 Å². The Kier molecular flexibility index (Phi) is 6.21. The van der Waals surface area contributed by atoms with Crippen LogP contribution in [0.1, 0.15) is 19.8 Å². The van der Waals surface area contributed by atoms with Crippen molar-refractivity contribution in [3.05, 3.63) is 6.07 Å². The van der Waals surface area contributed by atoms with Crippen molar-refractivity contribution >= 4 is 17.6 Å². The fourth-order valence-electron chi connectivity index (χ4n) is 1.55. The summed E-state index contributed by atoms with van der Waals surface area (Å²) < 4.78 is 5.03. The van der Waals surface area contributed by atoms with Gasteiger partial charge in [-0.2, -0.15) is 9.97 Å². The van der Waals surface area contributed by atoms with Gasteiger partial charge in [0, 0.05) is 39.9 Å². The lowest BCUT2D eigenvalue weighted by Gasteiger charge is -2.19. The molecule has 0 aliphatic carbocycles. The highest BCUT2D eigenvalue weighted by Gasteiger charge is 2.06. The van der Waals surface area contributed by atoms with E-state index in [1.807, 2.05) is 18.0 Å². The Morgan fingerprint density at radius 3 is 2.89 bits per heavy atom. The second-order valence-electron chi connectivity index (χ2n) is 4.16. The van der Waals surface area contributed by atoms with Gasteiger partial charge in [-0.15, -0.1) is 0 Å². The van der Waals surface area contributed by atoms with E-state index >= 15 is 0 Å². The van der Waals surface area contributed by atoms with Crippen LogP contribution in [-0.2, 0) is 4.74 Å². The predicted octanol–water partition coefficient (Wildman–Crippen LogP) is 1.35. The number of nitrogens with zero attached hydrogens (tertiary/aromatic N) is 3. The van der Waals surface area contributed by atoms with Crippen LogP contribution in [0.25, 0.3) is 0 Å². The van der Waals surface area contributed by atoms with E-state index < -0.39 is 0 Å². The van der Waals surface area contributed by atoms with Crippen LogP contribution >= 0.6 is 0 Å². The van der Waals surface area contributed by atoms with Crippen LogP contribution in [-0.4, -0.2) is 43.8 Å². The van der Waals surface area contributed by atoms with Crippen molar-refractivity contribution in [1.29, 1.82) is 0 Å². The molecule has 6 heteroatoms. The van der Waals surface area contributed by atoms with Gasteiger partial charge in [0.25, 0.3) is 0 Å². The molecule has 6 nitrogen and oxygen atoms in total. The first-order valence-corrected chi connectivity index (χ1v) is 6.26. The average molecular weight is 253 g/mol. The largest absolute Gasteiger partial charge is 0.385 e. The van der Waals surface area contributed by atoms with Gasteiger partial charge in [-0.25, -0.2) is 0 Å². The Morgan fingerprint density at radius 1 is 1.44 bits per heavy atom. The molecule has 18 heavy (non-hydrogen) atoms. The number of ether oxygens (including phenoxy) is 1. The number of methoxy groups -OCH3 is 1. The summed E-state index contributed by atoms with van der Waals surface area (Å²) in [6.45, 7) is 4.60. The molecule has 1 heterocycles. The molecule has 1 aromatic rings. The van der Waals surface area contributed by atoms with E-state index in [1.165, 1.54) is 0 Å². The molecule has 0 saturated carbocycles. The Bertz CT molecular complexity index is 358. The summed E-state index contributed by atoms with van der Waals surface area (Å²) in [7, 11) is 3.69. The van der Waals surface area contributed by atoms with Crippen molar-refractivity contribution in [3.63, 3.8) is 0 Å². The summed E-state index contributed by atoms with van der Waals surface area (Å²) in [5, 5.41) is 3.22. The number of hydrogen-bond acceptors (Lipinski definition) is 6. The first-order valence-electron chi connectivity index (χ1n) is 6.26. The number of nitrogens with one attached hydrogen (secondary N) is 1. The second-order valence-corrected chi connectivity index (χ2v) is 4.16. The Labute approximate surface area is 109 Å². The van der Waals surface area contributed by atoms with Gasteiger partial charge in [-0.3, -0.25) is 0 Å². The van der Waals surface area contributed by atoms with Crippen molar-refractivity contribution in [1.82, 2.24) is 9.97 Å². The fourth-order valence-corrected chi connectivity index (χ4v) is 1.55. The maximum atomic E-state index is 5.71. The topological polar surface area (TPSA) is 76.3 Å². The van der Waals surface area contributed by atoms with Crippen LogP contribution in [0.15, 0.2) is 6.07 Å². The molecule has 0 fully saturated rings. The van der Waals surface area contributed by atoms with E-state index in [2.05, 4.69) is 22.2 Å². The fraction of sp³-hybridized carbons (Fsp3) is 0.667. The number of anilines is 3. The lowest BCUT2D eigenvalue weighted by atomic mass is 10.4. The molecule has 0 amide bonds. The van der Waals surface area contributed by atoms with Gasteiger partial charge in [0.1, 0.15) is 11.6 Å². The third kappa shape index (κ3) is 4.75. The van der Waals surface area contributed by atoms with Crippen molar-refractivity contribution in [2.24, 2.45) is 0 Å². The standard InChI is InChI=1S/C12H23N5O/c1-4-6-14-10-9-11(16-12(13)15-10)17(2)7-5-8-18-3/h9H,4-8H2,1-3H3,(H3,13,14,15,16). The molecule has 0 unspecified atom stereocenters. The van der Waals surface area contributed by atoms with Crippen LogP contribution in [0.4, 0.5) is 17.6 Å². The van der Waals surface area contributed by atoms with Crippen LogP contribution < -0.4 is 16.0 Å². The van der Waals surface area contributed by atoms with Crippen molar-refractivity contribution in [2.45, 2.75) is 19.8 Å². The quantitative estimate of drug-likeness (QED) is 0.681. The van der Waals surface area contributed by atoms with Gasteiger partial charge in [0.05, 0.1) is 0 Å². The van der Waals surface area contributed by atoms with Gasteiger partial charge >= 0.3 is 0 Å². The molecule has 0 saturated heterocycles. The first-order chi connectivity index (χ1) is 8.67. The monoisotopic (exact) mass is 253 g/mol. The van der Waals surface area contributed by atoms with E-state index in [0.29, 0.717) is 5.95 Å². The Hall–Kier alpha value is -1.56. The number of hydrogen-bond donors (Lipinski definition) is 2. The summed E-state index contributed by atoms with van der Waals surface area (Å²) in [6.07, 6.45) is 2.00. The van der Waals surface area contributed by atoms with Crippen LogP contribution in [0, 0.1) is 0 Å². The molecule has 1 aromatic heterocycles. The summed E-state index contributed by atoms with van der Waals surface area (Å²) in [5.41, 5.74) is 5.71. The first kappa shape index (κ1) is 14.5. The van der Waals surface area contributed by atoms with Crippen molar-refractivity contribution < 1.29 is 4.74 Å². The van der Waals surface area contributed by atoms with E-state index in [1.54, 1.807) is 7.11 Å². The minimum Gasteiger partial charge on any atom is -0.385 e. The van der Waals surface area contributed by atoms with Gasteiger partial charge in [0.15, 0.2) is 0 Å². The SMILES string of the molecule is CCCNc1cc(N(C)CCCOC)nc(N)n1. The summed E-state index contributed by atoms with van der Waals surface area (Å²) in [6, 6.07) is 1.92.